The monoisotopic (exact) mass is 430 g/mol. The number of fused-ring (bicyclic) bond motifs is 1. The SMILES string of the molecule is COc1cc(/C=N\NC(=O)c2cc3cc([N+](=O)[O-])ccc3s2)c([N+](=O)[O-])cc1OC. The number of hydrogen-bond acceptors (Lipinski definition) is 9. The molecule has 1 aromatic heterocycles. The van der Waals surface area contributed by atoms with Crippen molar-refractivity contribution in [1.29, 1.82) is 0 Å². The fraction of sp³-hybridized carbons (Fsp3) is 0.111. The number of nitrogens with zero attached hydrogens (tertiary/aromatic N) is 3. The maximum Gasteiger partial charge on any atom is 0.282 e. The maximum absolute atomic E-state index is 12.3. The quantitative estimate of drug-likeness (QED) is 0.343. The van der Waals surface area contributed by atoms with Gasteiger partial charge in [-0.15, -0.1) is 11.3 Å². The Morgan fingerprint density at radius 2 is 1.77 bits per heavy atom. The van der Waals surface area contributed by atoms with E-state index in [-0.39, 0.29) is 33.3 Å². The molecule has 0 fully saturated rings. The van der Waals surface area contributed by atoms with E-state index in [1.807, 2.05) is 0 Å². The average Bonchev–Trinajstić information content (AvgIpc) is 3.16. The van der Waals surface area contributed by atoms with Crippen LogP contribution < -0.4 is 14.9 Å². The van der Waals surface area contributed by atoms with E-state index >= 15 is 0 Å². The number of non-ortho nitro benzene ring substituents is 1. The Morgan fingerprint density at radius 1 is 1.07 bits per heavy atom. The van der Waals surface area contributed by atoms with E-state index in [9.17, 15) is 25.0 Å². The Balaban J connectivity index is 1.82. The van der Waals surface area contributed by atoms with Gasteiger partial charge >= 0.3 is 0 Å². The van der Waals surface area contributed by atoms with Gasteiger partial charge in [-0.25, -0.2) is 5.43 Å². The molecule has 154 valence electrons. The molecule has 0 radical (unpaired) electrons. The van der Waals surface area contributed by atoms with Crippen molar-refractivity contribution in [2.45, 2.75) is 0 Å². The highest BCUT2D eigenvalue weighted by Crippen LogP contribution is 2.33. The number of nitrogens with one attached hydrogen (secondary N) is 1. The lowest BCUT2D eigenvalue weighted by Crippen LogP contribution is -2.16. The number of methoxy groups -OCH3 is 2. The van der Waals surface area contributed by atoms with E-state index in [0.717, 1.165) is 17.6 Å². The van der Waals surface area contributed by atoms with E-state index < -0.39 is 15.8 Å². The van der Waals surface area contributed by atoms with Crippen LogP contribution in [0.15, 0.2) is 41.5 Å². The van der Waals surface area contributed by atoms with Gasteiger partial charge in [0.25, 0.3) is 17.3 Å². The van der Waals surface area contributed by atoms with Gasteiger partial charge < -0.3 is 9.47 Å². The first-order valence-corrected chi connectivity index (χ1v) is 9.07. The highest BCUT2D eigenvalue weighted by Gasteiger charge is 2.19. The van der Waals surface area contributed by atoms with Gasteiger partial charge in [-0.1, -0.05) is 0 Å². The second-order valence-electron chi connectivity index (χ2n) is 5.81. The zero-order chi connectivity index (χ0) is 21.8. The maximum atomic E-state index is 12.3. The van der Waals surface area contributed by atoms with Crippen LogP contribution in [-0.4, -0.2) is 36.2 Å². The minimum atomic E-state index is -0.607. The van der Waals surface area contributed by atoms with E-state index in [1.54, 1.807) is 6.07 Å². The van der Waals surface area contributed by atoms with E-state index in [4.69, 9.17) is 9.47 Å². The Morgan fingerprint density at radius 3 is 2.40 bits per heavy atom. The lowest BCUT2D eigenvalue weighted by Gasteiger charge is -2.08. The van der Waals surface area contributed by atoms with Crippen molar-refractivity contribution < 1.29 is 24.1 Å². The number of amides is 1. The van der Waals surface area contributed by atoms with Crippen LogP contribution in [0.2, 0.25) is 0 Å². The molecule has 0 aliphatic carbocycles. The molecule has 11 nitrogen and oxygen atoms in total. The van der Waals surface area contributed by atoms with Gasteiger partial charge in [-0.3, -0.25) is 25.0 Å². The summed E-state index contributed by atoms with van der Waals surface area (Å²) in [7, 11) is 2.74. The van der Waals surface area contributed by atoms with Gasteiger partial charge in [0.1, 0.15) is 0 Å². The van der Waals surface area contributed by atoms with Crippen LogP contribution in [0, 0.1) is 20.2 Å². The standard InChI is InChI=1S/C18H14N4O7S/c1-28-14-6-11(13(22(26)27)8-15(14)29-2)9-19-20-18(23)17-7-10-5-12(21(24)25)3-4-16(10)30-17/h3-9H,1-2H3,(H,20,23)/b19-9-. The Bertz CT molecular complexity index is 1190. The highest BCUT2D eigenvalue weighted by atomic mass is 32.1. The van der Waals surface area contributed by atoms with Crippen LogP contribution in [0.3, 0.4) is 0 Å². The van der Waals surface area contributed by atoms with Crippen molar-refractivity contribution in [2.75, 3.05) is 14.2 Å². The van der Waals surface area contributed by atoms with Gasteiger partial charge in [-0.05, 0) is 18.2 Å². The summed E-state index contributed by atoms with van der Waals surface area (Å²) >= 11 is 1.14. The molecular weight excluding hydrogens is 416 g/mol. The third kappa shape index (κ3) is 4.17. The number of carbonyl (C=O) groups excluding carboxylic acids is 1. The molecule has 1 amide bonds. The number of ether oxygens (including phenoxy) is 2. The van der Waals surface area contributed by atoms with Crippen molar-refractivity contribution in [2.24, 2.45) is 5.10 Å². The lowest BCUT2D eigenvalue weighted by atomic mass is 10.1. The molecule has 1 heterocycles. The van der Waals surface area contributed by atoms with Crippen molar-refractivity contribution in [1.82, 2.24) is 5.43 Å². The summed E-state index contributed by atoms with van der Waals surface area (Å²) in [6.07, 6.45) is 1.12. The minimum Gasteiger partial charge on any atom is -0.493 e. The molecule has 3 rings (SSSR count). The average molecular weight is 430 g/mol. The van der Waals surface area contributed by atoms with Crippen molar-refractivity contribution >= 4 is 44.9 Å². The predicted octanol–water partition coefficient (Wildman–Crippen LogP) is 3.50. The Hall–Kier alpha value is -4.06. The van der Waals surface area contributed by atoms with Gasteiger partial charge in [-0.2, -0.15) is 5.10 Å². The number of thiophene rings is 1. The second-order valence-corrected chi connectivity index (χ2v) is 6.90. The summed E-state index contributed by atoms with van der Waals surface area (Å²) in [6.45, 7) is 0. The fourth-order valence-corrected chi connectivity index (χ4v) is 3.55. The van der Waals surface area contributed by atoms with Crippen molar-refractivity contribution in [3.05, 3.63) is 67.1 Å². The summed E-state index contributed by atoms with van der Waals surface area (Å²) in [5.74, 6) is -0.107. The smallest absolute Gasteiger partial charge is 0.282 e. The summed E-state index contributed by atoms with van der Waals surface area (Å²) in [5.41, 5.74) is 2.04. The Labute approximate surface area is 172 Å². The highest BCUT2D eigenvalue weighted by molar-refractivity contribution is 7.20. The lowest BCUT2D eigenvalue weighted by molar-refractivity contribution is -0.385. The second kappa shape index (κ2) is 8.53. The van der Waals surface area contributed by atoms with Crippen molar-refractivity contribution in [3.8, 4) is 11.5 Å². The molecule has 0 saturated heterocycles. The Kier molecular flexibility index (Phi) is 5.88. The van der Waals surface area contributed by atoms with E-state index in [2.05, 4.69) is 10.5 Å². The third-order valence-electron chi connectivity index (χ3n) is 4.03. The van der Waals surface area contributed by atoms with Crippen LogP contribution in [-0.2, 0) is 0 Å². The molecule has 0 aliphatic heterocycles. The number of hydrogen-bond donors (Lipinski definition) is 1. The summed E-state index contributed by atoms with van der Waals surface area (Å²) in [4.78, 5) is 33.7. The number of nitro groups is 2. The molecule has 0 atom stereocenters. The number of hydrazone groups is 1. The normalized spacial score (nSPS) is 10.9. The number of carbonyl (C=O) groups is 1. The molecule has 0 unspecified atom stereocenters. The minimum absolute atomic E-state index is 0.0777. The molecule has 0 saturated carbocycles. The van der Waals surface area contributed by atoms with Gasteiger partial charge in [0, 0.05) is 22.2 Å². The molecule has 3 aromatic rings. The predicted molar refractivity (Wildman–Crippen MR) is 110 cm³/mol. The van der Waals surface area contributed by atoms with E-state index in [0.29, 0.717) is 10.1 Å². The van der Waals surface area contributed by atoms with Crippen LogP contribution in [0.1, 0.15) is 15.2 Å². The number of rotatable bonds is 7. The first-order chi connectivity index (χ1) is 14.3. The summed E-state index contributed by atoms with van der Waals surface area (Å²) in [6, 6.07) is 8.36. The fourth-order valence-electron chi connectivity index (χ4n) is 2.62. The van der Waals surface area contributed by atoms with Gasteiger partial charge in [0.05, 0.1) is 46.8 Å². The first-order valence-electron chi connectivity index (χ1n) is 8.26. The van der Waals surface area contributed by atoms with Gasteiger partial charge in [0.15, 0.2) is 11.5 Å². The molecule has 1 N–H and O–H groups in total. The summed E-state index contributed by atoms with van der Waals surface area (Å²) < 4.78 is 10.9. The molecule has 12 heteroatoms. The molecule has 30 heavy (non-hydrogen) atoms. The number of benzene rings is 2. The number of nitro benzene ring substituents is 2. The van der Waals surface area contributed by atoms with Crippen LogP contribution >= 0.6 is 11.3 Å². The molecule has 0 bridgehead atoms. The third-order valence-corrected chi connectivity index (χ3v) is 5.15. The molecule has 0 spiro atoms. The largest absolute Gasteiger partial charge is 0.493 e. The van der Waals surface area contributed by atoms with Crippen LogP contribution in [0.4, 0.5) is 11.4 Å². The van der Waals surface area contributed by atoms with Crippen LogP contribution in [0.25, 0.3) is 10.1 Å². The molecular formula is C18H14N4O7S. The van der Waals surface area contributed by atoms with E-state index in [1.165, 1.54) is 44.6 Å². The van der Waals surface area contributed by atoms with Crippen molar-refractivity contribution in [3.63, 3.8) is 0 Å². The topological polar surface area (TPSA) is 146 Å². The zero-order valence-corrected chi connectivity index (χ0v) is 16.5. The molecule has 0 aliphatic rings. The van der Waals surface area contributed by atoms with Gasteiger partial charge in [0.2, 0.25) is 0 Å². The van der Waals surface area contributed by atoms with Crippen LogP contribution in [0.5, 0.6) is 11.5 Å². The first kappa shape index (κ1) is 20.7. The molecule has 2 aromatic carbocycles. The zero-order valence-electron chi connectivity index (χ0n) is 15.6. The summed E-state index contributed by atoms with van der Waals surface area (Å²) in [5, 5.41) is 26.5.